The molecule has 3 saturated heterocycles. The van der Waals surface area contributed by atoms with Crippen LogP contribution in [0.5, 0.6) is 0 Å². The minimum atomic E-state index is -0.716. The first-order chi connectivity index (χ1) is 24.2. The van der Waals surface area contributed by atoms with Crippen LogP contribution in [0.1, 0.15) is 51.4 Å². The molecule has 0 radical (unpaired) electrons. The lowest BCUT2D eigenvalue weighted by molar-refractivity contribution is -0.552. The summed E-state index contributed by atoms with van der Waals surface area (Å²) in [6, 6.07) is 8.59. The Hall–Kier alpha value is -4.78. The molecule has 18 heteroatoms. The maximum atomic E-state index is 10.8. The van der Waals surface area contributed by atoms with Crippen molar-refractivity contribution >= 4 is 39.0 Å². The molecule has 2 aromatic heterocycles. The number of anilines is 1. The van der Waals surface area contributed by atoms with Gasteiger partial charge in [-0.2, -0.15) is 5.10 Å². The van der Waals surface area contributed by atoms with E-state index in [1.54, 1.807) is 12.1 Å². The molecule has 18 nitrogen and oxygen atoms in total. The van der Waals surface area contributed by atoms with E-state index in [0.717, 1.165) is 69.6 Å². The van der Waals surface area contributed by atoms with Gasteiger partial charge in [-0.15, -0.1) is 0 Å². The van der Waals surface area contributed by atoms with Crippen LogP contribution in [-0.4, -0.2) is 110 Å². The number of aromatic amines is 1. The largest absolute Gasteiger partial charge is 0.381 e. The molecule has 0 atom stereocenters. The monoisotopic (exact) mass is 697 g/mol. The van der Waals surface area contributed by atoms with Crippen molar-refractivity contribution in [1.29, 1.82) is 0 Å². The molecular weight excluding hydrogens is 650 g/mol. The lowest BCUT2D eigenvalue weighted by Gasteiger charge is -2.26. The van der Waals surface area contributed by atoms with Gasteiger partial charge in [-0.25, -0.2) is 0 Å². The van der Waals surface area contributed by atoms with Crippen LogP contribution in [0.4, 0.5) is 17.2 Å². The highest BCUT2D eigenvalue weighted by Gasteiger charge is 2.15. The van der Waals surface area contributed by atoms with Crippen LogP contribution in [0.25, 0.3) is 21.8 Å². The van der Waals surface area contributed by atoms with Crippen molar-refractivity contribution in [2.24, 2.45) is 5.73 Å². The van der Waals surface area contributed by atoms with Gasteiger partial charge in [0.2, 0.25) is 5.52 Å². The number of nitro benzene ring substituents is 2. The average Bonchev–Trinajstić information content (AvgIpc) is 3.92. The standard InChI is InChI=1S/C14H19N5O2.C7H4N4O4.C7H16N2.C4H8O/c20-19(21)11-4-5-13-12(10-11)14(17-16-13)15-6-9-18-7-2-1-3-8-18;12-10(13)6-1-2-7-5(3-6)4-9(8-7)11(14)15;8-4-7-9-5-2-1-3-6-9;1-2-4-5-3-1/h4-5,10H,1-3,6-9H2,(H2,15,16,17);1-4H;1-8H2;1-4H2. The number of fused-ring (bicyclic) bond motifs is 2. The molecule has 50 heavy (non-hydrogen) atoms. The average molecular weight is 698 g/mol. The van der Waals surface area contributed by atoms with Gasteiger partial charge in [0.15, 0.2) is 5.82 Å². The topological polar surface area (TPSA) is 230 Å². The zero-order chi connectivity index (χ0) is 35.7. The molecule has 5 heterocycles. The van der Waals surface area contributed by atoms with E-state index in [0.29, 0.717) is 21.5 Å². The molecular formula is C32H47N11O7. The quantitative estimate of drug-likeness (QED) is 0.161. The summed E-state index contributed by atoms with van der Waals surface area (Å²) in [5.74, 6) is 0.686. The molecule has 4 aromatic rings. The number of nitrogens with one attached hydrogen (secondary N) is 2. The van der Waals surface area contributed by atoms with Crippen LogP contribution in [0, 0.1) is 30.3 Å². The molecule has 0 bridgehead atoms. The van der Waals surface area contributed by atoms with Gasteiger partial charge in [-0.1, -0.05) is 12.8 Å². The van der Waals surface area contributed by atoms with Gasteiger partial charge in [-0.3, -0.25) is 25.3 Å². The highest BCUT2D eigenvalue weighted by atomic mass is 16.7. The molecule has 0 saturated carbocycles. The molecule has 0 aliphatic carbocycles. The minimum Gasteiger partial charge on any atom is -0.381 e. The number of nitro groups is 3. The number of H-pyrrole nitrogens is 1. The Labute approximate surface area is 289 Å². The number of rotatable bonds is 9. The van der Waals surface area contributed by atoms with E-state index in [1.807, 2.05) is 0 Å². The van der Waals surface area contributed by atoms with Crippen molar-refractivity contribution < 1.29 is 19.6 Å². The highest BCUT2D eigenvalue weighted by molar-refractivity contribution is 5.91. The summed E-state index contributed by atoms with van der Waals surface area (Å²) in [4.78, 5) is 36.1. The van der Waals surface area contributed by atoms with Gasteiger partial charge < -0.3 is 35.7 Å². The number of nitrogens with zero attached hydrogens (tertiary/aromatic N) is 8. The normalized spacial score (nSPS) is 16.3. The zero-order valence-corrected chi connectivity index (χ0v) is 28.3. The summed E-state index contributed by atoms with van der Waals surface area (Å²) < 4.78 is 4.94. The number of nitrogens with two attached hydrogens (primary N) is 1. The molecule has 0 spiro atoms. The third-order valence-electron chi connectivity index (χ3n) is 8.50. The van der Waals surface area contributed by atoms with Gasteiger partial charge in [0, 0.05) is 68.4 Å². The Morgan fingerprint density at radius 2 is 1.40 bits per heavy atom. The Balaban J connectivity index is 0.000000168. The Morgan fingerprint density at radius 1 is 0.800 bits per heavy atom. The smallest absolute Gasteiger partial charge is 0.270 e. The number of hydrogen-bond acceptors (Lipinski definition) is 13. The predicted octanol–water partition coefficient (Wildman–Crippen LogP) is 4.58. The molecule has 3 aliphatic heterocycles. The maximum absolute atomic E-state index is 10.8. The lowest BCUT2D eigenvalue weighted by atomic mass is 10.1. The van der Waals surface area contributed by atoms with Crippen LogP contribution in [0.15, 0.2) is 42.6 Å². The summed E-state index contributed by atoms with van der Waals surface area (Å²) in [5, 5.41) is 46.0. The first kappa shape index (κ1) is 38.0. The van der Waals surface area contributed by atoms with Gasteiger partial charge in [0.1, 0.15) is 6.20 Å². The van der Waals surface area contributed by atoms with E-state index in [1.165, 1.54) is 88.7 Å². The Morgan fingerprint density at radius 3 is 1.96 bits per heavy atom. The van der Waals surface area contributed by atoms with Gasteiger partial charge >= 0.3 is 0 Å². The second-order valence-corrected chi connectivity index (χ2v) is 12.2. The van der Waals surface area contributed by atoms with Crippen LogP contribution in [-0.2, 0) is 4.74 Å². The first-order valence-electron chi connectivity index (χ1n) is 17.1. The summed E-state index contributed by atoms with van der Waals surface area (Å²) in [7, 11) is 0. The molecule has 0 unspecified atom stereocenters. The molecule has 3 fully saturated rings. The van der Waals surface area contributed by atoms with Crippen molar-refractivity contribution in [2.45, 2.75) is 51.4 Å². The number of hydrogen-bond donors (Lipinski definition) is 3. The van der Waals surface area contributed by atoms with Gasteiger partial charge in [0.25, 0.3) is 11.4 Å². The summed E-state index contributed by atoms with van der Waals surface area (Å²) in [5.41, 5.74) is 6.54. The fourth-order valence-corrected chi connectivity index (χ4v) is 5.84. The summed E-state index contributed by atoms with van der Waals surface area (Å²) >= 11 is 0. The SMILES string of the molecule is C1CCOC1.NCCN1CCCCC1.O=[N+]([O-])c1ccc2[nH]nc(NCCN3CCCCC3)c2c1.O=[N+]([O-])c1ccc2nn([N+](=O)[O-])cc2c1. The molecule has 3 aliphatic rings. The van der Waals surface area contributed by atoms with E-state index in [-0.39, 0.29) is 16.3 Å². The zero-order valence-electron chi connectivity index (χ0n) is 28.3. The number of benzene rings is 2. The number of ether oxygens (including phenoxy) is 1. The van der Waals surface area contributed by atoms with Crippen molar-refractivity contribution in [3.05, 3.63) is 72.9 Å². The highest BCUT2D eigenvalue weighted by Crippen LogP contribution is 2.25. The lowest BCUT2D eigenvalue weighted by Crippen LogP contribution is -2.33. The summed E-state index contributed by atoms with van der Waals surface area (Å²) in [6.07, 6.45) is 11.7. The third-order valence-corrected chi connectivity index (χ3v) is 8.50. The molecule has 272 valence electrons. The van der Waals surface area contributed by atoms with E-state index in [2.05, 4.69) is 30.4 Å². The summed E-state index contributed by atoms with van der Waals surface area (Å²) in [6.45, 7) is 10.6. The molecule has 4 N–H and O–H groups in total. The predicted molar refractivity (Wildman–Crippen MR) is 190 cm³/mol. The molecule has 2 aromatic carbocycles. The number of non-ortho nitro benzene ring substituents is 2. The third kappa shape index (κ3) is 12.0. The second-order valence-electron chi connectivity index (χ2n) is 12.2. The van der Waals surface area contributed by atoms with Crippen molar-refractivity contribution in [1.82, 2.24) is 29.9 Å². The van der Waals surface area contributed by atoms with Crippen LogP contribution in [0.2, 0.25) is 0 Å². The van der Waals surface area contributed by atoms with Crippen molar-refractivity contribution in [3.63, 3.8) is 0 Å². The fourth-order valence-electron chi connectivity index (χ4n) is 5.84. The van der Waals surface area contributed by atoms with E-state index < -0.39 is 9.96 Å². The van der Waals surface area contributed by atoms with Crippen LogP contribution >= 0.6 is 0 Å². The van der Waals surface area contributed by atoms with Gasteiger partial charge in [0.05, 0.1) is 36.3 Å². The van der Waals surface area contributed by atoms with Crippen molar-refractivity contribution in [3.8, 4) is 0 Å². The Kier molecular flexibility index (Phi) is 15.2. The number of likely N-dealkylation sites (tertiary alicyclic amines) is 2. The Bertz CT molecular complexity index is 1640. The van der Waals surface area contributed by atoms with Crippen molar-refractivity contribution in [2.75, 3.05) is 70.9 Å². The number of aromatic nitrogens is 4. The minimum absolute atomic E-state index is 0.0861. The van der Waals surface area contributed by atoms with E-state index in [4.69, 9.17) is 10.5 Å². The second kappa shape index (κ2) is 20.0. The molecule has 0 amide bonds. The number of piperidine rings is 2. The first-order valence-corrected chi connectivity index (χ1v) is 17.1. The fraction of sp³-hybridized carbons (Fsp3) is 0.562. The van der Waals surface area contributed by atoms with Crippen LogP contribution < -0.4 is 11.1 Å². The van der Waals surface area contributed by atoms with Gasteiger partial charge in [-0.05, 0) is 76.8 Å². The molecule has 7 rings (SSSR count). The van der Waals surface area contributed by atoms with E-state index in [9.17, 15) is 30.3 Å². The van der Waals surface area contributed by atoms with E-state index >= 15 is 0 Å². The van der Waals surface area contributed by atoms with Crippen LogP contribution in [0.3, 0.4) is 0 Å². The maximum Gasteiger partial charge on any atom is 0.270 e.